The Bertz CT molecular complexity index is 546. The number of amides is 2. The molecule has 8 heteroatoms. The molecule has 20 heavy (non-hydrogen) atoms. The van der Waals surface area contributed by atoms with Gasteiger partial charge >= 0.3 is 0 Å². The predicted octanol–water partition coefficient (Wildman–Crippen LogP) is 1.57. The molecule has 0 saturated heterocycles. The van der Waals surface area contributed by atoms with Crippen LogP contribution >= 0.6 is 15.9 Å². The molecular weight excluding hydrogens is 330 g/mol. The lowest BCUT2D eigenvalue weighted by molar-refractivity contribution is -0.384. The van der Waals surface area contributed by atoms with Crippen molar-refractivity contribution in [2.45, 2.75) is 6.42 Å². The Balaban J connectivity index is 2.70. The van der Waals surface area contributed by atoms with Crippen LogP contribution in [-0.2, 0) is 4.79 Å². The first kappa shape index (κ1) is 16.1. The van der Waals surface area contributed by atoms with Gasteiger partial charge in [-0.05, 0) is 22.0 Å². The second-order valence-corrected chi connectivity index (χ2v) is 5.07. The molecule has 0 unspecified atom stereocenters. The Kier molecular flexibility index (Phi) is 5.63. The Labute approximate surface area is 124 Å². The van der Waals surface area contributed by atoms with Gasteiger partial charge in [0.1, 0.15) is 0 Å². The summed E-state index contributed by atoms with van der Waals surface area (Å²) in [4.78, 5) is 34.8. The number of carbonyl (C=O) groups excluding carboxylic acids is 2. The first-order valence-corrected chi connectivity index (χ1v) is 6.54. The van der Waals surface area contributed by atoms with Crippen LogP contribution in [-0.4, -0.2) is 42.3 Å². The van der Waals surface area contributed by atoms with Crippen LogP contribution in [0.5, 0.6) is 0 Å². The van der Waals surface area contributed by atoms with E-state index in [0.29, 0.717) is 4.47 Å². The number of hydrogen-bond donors (Lipinski definition) is 1. The number of nitro benzene ring substituents is 1. The summed E-state index contributed by atoms with van der Waals surface area (Å²) in [5.74, 6) is -0.574. The summed E-state index contributed by atoms with van der Waals surface area (Å²) in [7, 11) is 3.25. The van der Waals surface area contributed by atoms with Crippen molar-refractivity contribution in [1.29, 1.82) is 0 Å². The van der Waals surface area contributed by atoms with Gasteiger partial charge in [-0.3, -0.25) is 19.7 Å². The molecule has 0 aliphatic rings. The largest absolute Gasteiger partial charge is 0.351 e. The first-order valence-electron chi connectivity index (χ1n) is 5.75. The zero-order valence-corrected chi connectivity index (χ0v) is 12.6. The molecule has 0 saturated carbocycles. The smallest absolute Gasteiger partial charge is 0.270 e. The summed E-state index contributed by atoms with van der Waals surface area (Å²) in [5, 5.41) is 13.2. The molecule has 1 rings (SSSR count). The number of rotatable bonds is 5. The molecule has 0 aliphatic carbocycles. The van der Waals surface area contributed by atoms with E-state index in [1.807, 2.05) is 0 Å². The van der Waals surface area contributed by atoms with Crippen molar-refractivity contribution in [3.63, 3.8) is 0 Å². The zero-order chi connectivity index (χ0) is 15.3. The van der Waals surface area contributed by atoms with Gasteiger partial charge in [-0.2, -0.15) is 0 Å². The van der Waals surface area contributed by atoms with Crippen molar-refractivity contribution < 1.29 is 14.5 Å². The molecule has 0 bridgehead atoms. The molecule has 1 aromatic rings. The molecule has 0 aromatic heterocycles. The molecule has 1 aromatic carbocycles. The van der Waals surface area contributed by atoms with Crippen molar-refractivity contribution in [3.05, 3.63) is 38.3 Å². The fraction of sp³-hybridized carbons (Fsp3) is 0.333. The third-order valence-electron chi connectivity index (χ3n) is 2.53. The maximum atomic E-state index is 11.9. The average Bonchev–Trinajstić information content (AvgIpc) is 2.38. The van der Waals surface area contributed by atoms with Crippen LogP contribution in [0.4, 0.5) is 5.69 Å². The summed E-state index contributed by atoms with van der Waals surface area (Å²) in [6, 6.07) is 3.93. The molecule has 0 heterocycles. The Morgan fingerprint density at radius 2 is 2.05 bits per heavy atom. The average molecular weight is 344 g/mol. The van der Waals surface area contributed by atoms with E-state index in [0.717, 1.165) is 0 Å². The van der Waals surface area contributed by atoms with Gasteiger partial charge < -0.3 is 10.2 Å². The van der Waals surface area contributed by atoms with E-state index in [2.05, 4.69) is 21.2 Å². The number of halogens is 1. The normalized spacial score (nSPS) is 9.95. The maximum absolute atomic E-state index is 11.9. The van der Waals surface area contributed by atoms with E-state index >= 15 is 0 Å². The fourth-order valence-corrected chi connectivity index (χ4v) is 1.83. The van der Waals surface area contributed by atoms with Gasteiger partial charge in [-0.15, -0.1) is 0 Å². The van der Waals surface area contributed by atoms with Crippen LogP contribution in [0.1, 0.15) is 16.8 Å². The summed E-state index contributed by atoms with van der Waals surface area (Å²) >= 11 is 3.17. The van der Waals surface area contributed by atoms with Crippen LogP contribution in [0.2, 0.25) is 0 Å². The van der Waals surface area contributed by atoms with E-state index in [1.54, 1.807) is 14.1 Å². The molecule has 0 aliphatic heterocycles. The van der Waals surface area contributed by atoms with E-state index in [9.17, 15) is 19.7 Å². The topological polar surface area (TPSA) is 92.6 Å². The quantitative estimate of drug-likeness (QED) is 0.648. The lowest BCUT2D eigenvalue weighted by Gasteiger charge is -2.11. The zero-order valence-electron chi connectivity index (χ0n) is 11.1. The van der Waals surface area contributed by atoms with Gasteiger partial charge in [0, 0.05) is 43.7 Å². The predicted molar refractivity (Wildman–Crippen MR) is 76.4 cm³/mol. The van der Waals surface area contributed by atoms with Gasteiger partial charge in [-0.25, -0.2) is 0 Å². The van der Waals surface area contributed by atoms with E-state index < -0.39 is 10.8 Å². The van der Waals surface area contributed by atoms with Gasteiger partial charge in [0.25, 0.3) is 11.6 Å². The Morgan fingerprint density at radius 3 is 2.60 bits per heavy atom. The lowest BCUT2D eigenvalue weighted by Crippen LogP contribution is -2.30. The van der Waals surface area contributed by atoms with Gasteiger partial charge in [0.2, 0.25) is 5.91 Å². The molecule has 1 N–H and O–H groups in total. The first-order chi connectivity index (χ1) is 9.32. The molecular formula is C12H14BrN3O4. The minimum absolute atomic E-state index is 0.108. The number of non-ortho nitro benzene ring substituents is 1. The molecule has 0 spiro atoms. The standard InChI is InChI=1S/C12H14BrN3O4/c1-15(2)11(17)5-6-14-12(18)9-7-8(16(19)20)3-4-10(9)13/h3-4,7H,5-6H2,1-2H3,(H,14,18). The van der Waals surface area contributed by atoms with E-state index in [-0.39, 0.29) is 30.1 Å². The Morgan fingerprint density at radius 1 is 1.40 bits per heavy atom. The number of nitrogens with zero attached hydrogens (tertiary/aromatic N) is 2. The number of carbonyl (C=O) groups is 2. The van der Waals surface area contributed by atoms with Crippen LogP contribution in [0.3, 0.4) is 0 Å². The lowest BCUT2D eigenvalue weighted by atomic mass is 10.2. The van der Waals surface area contributed by atoms with Crippen molar-refractivity contribution in [3.8, 4) is 0 Å². The minimum Gasteiger partial charge on any atom is -0.351 e. The van der Waals surface area contributed by atoms with Crippen molar-refractivity contribution in [1.82, 2.24) is 10.2 Å². The van der Waals surface area contributed by atoms with Gasteiger partial charge in [0.05, 0.1) is 10.5 Å². The molecule has 0 atom stereocenters. The highest BCUT2D eigenvalue weighted by Crippen LogP contribution is 2.22. The number of nitrogens with one attached hydrogen (secondary N) is 1. The van der Waals surface area contributed by atoms with Gasteiger partial charge in [0.15, 0.2) is 0 Å². The van der Waals surface area contributed by atoms with Crippen LogP contribution in [0.15, 0.2) is 22.7 Å². The number of nitro groups is 1. The van der Waals surface area contributed by atoms with Crippen LogP contribution in [0, 0.1) is 10.1 Å². The molecule has 7 nitrogen and oxygen atoms in total. The second kappa shape index (κ2) is 6.99. The monoisotopic (exact) mass is 343 g/mol. The number of benzene rings is 1. The van der Waals surface area contributed by atoms with Crippen molar-refractivity contribution in [2.75, 3.05) is 20.6 Å². The van der Waals surface area contributed by atoms with Crippen molar-refractivity contribution >= 4 is 33.4 Å². The molecule has 0 fully saturated rings. The number of hydrogen-bond acceptors (Lipinski definition) is 4. The Hall–Kier alpha value is -1.96. The summed E-state index contributed by atoms with van der Waals surface area (Å²) < 4.78 is 0.458. The fourth-order valence-electron chi connectivity index (χ4n) is 1.40. The van der Waals surface area contributed by atoms with Crippen LogP contribution in [0.25, 0.3) is 0 Å². The second-order valence-electron chi connectivity index (χ2n) is 4.22. The van der Waals surface area contributed by atoms with Gasteiger partial charge in [-0.1, -0.05) is 0 Å². The third kappa shape index (κ3) is 4.30. The highest BCUT2D eigenvalue weighted by Gasteiger charge is 2.15. The van der Waals surface area contributed by atoms with Crippen molar-refractivity contribution in [2.24, 2.45) is 0 Å². The molecule has 108 valence electrons. The van der Waals surface area contributed by atoms with E-state index in [4.69, 9.17) is 0 Å². The van der Waals surface area contributed by atoms with Crippen LogP contribution < -0.4 is 5.32 Å². The third-order valence-corrected chi connectivity index (χ3v) is 3.22. The SMILES string of the molecule is CN(C)C(=O)CCNC(=O)c1cc([N+](=O)[O-])ccc1Br. The minimum atomic E-state index is -0.571. The summed E-state index contributed by atoms with van der Waals surface area (Å²) in [5.41, 5.74) is -0.000722. The molecule has 2 amide bonds. The van der Waals surface area contributed by atoms with E-state index in [1.165, 1.54) is 23.1 Å². The highest BCUT2D eigenvalue weighted by molar-refractivity contribution is 9.10. The summed E-state index contributed by atoms with van der Waals surface area (Å²) in [6.07, 6.45) is 0.172. The molecule has 0 radical (unpaired) electrons. The highest BCUT2D eigenvalue weighted by atomic mass is 79.9. The maximum Gasteiger partial charge on any atom is 0.270 e. The summed E-state index contributed by atoms with van der Waals surface area (Å²) in [6.45, 7) is 0.172.